The third-order valence-corrected chi connectivity index (χ3v) is 4.01. The van der Waals surface area contributed by atoms with E-state index in [2.05, 4.69) is 18.0 Å². The largest absolute Gasteiger partial charge is 0.316 e. The Morgan fingerprint density at radius 1 is 1.53 bits per heavy atom. The molecule has 94 valence electrons. The van der Waals surface area contributed by atoms with Gasteiger partial charge in [-0.25, -0.2) is 0 Å². The number of rotatable bonds is 8. The fourth-order valence-electron chi connectivity index (χ4n) is 1.57. The molecule has 0 spiro atoms. The molecule has 0 radical (unpaired) electrons. The summed E-state index contributed by atoms with van der Waals surface area (Å²) < 4.78 is 0. The van der Waals surface area contributed by atoms with Crippen molar-refractivity contribution in [3.63, 3.8) is 0 Å². The van der Waals surface area contributed by atoms with Crippen molar-refractivity contribution in [3.05, 3.63) is 41.9 Å². The van der Waals surface area contributed by atoms with Gasteiger partial charge in [-0.05, 0) is 44.5 Å². The molecule has 0 bridgehead atoms. The zero-order valence-corrected chi connectivity index (χ0v) is 11.9. The average molecular weight is 270 g/mol. The Hall–Kier alpha value is -0.440. The summed E-state index contributed by atoms with van der Waals surface area (Å²) in [7, 11) is 2.02. The summed E-state index contributed by atoms with van der Waals surface area (Å²) in [6.07, 6.45) is 5.47. The summed E-state index contributed by atoms with van der Waals surface area (Å²) >= 11 is 7.81. The van der Waals surface area contributed by atoms with Crippen molar-refractivity contribution < 1.29 is 0 Å². The highest BCUT2D eigenvalue weighted by atomic mass is 35.5. The maximum absolute atomic E-state index is 5.96. The maximum atomic E-state index is 5.96. The average Bonchev–Trinajstić information content (AvgIpc) is 2.34. The van der Waals surface area contributed by atoms with Crippen LogP contribution in [0.3, 0.4) is 0 Å². The monoisotopic (exact) mass is 269 g/mol. The number of hydrogen-bond acceptors (Lipinski definition) is 2. The Labute approximate surface area is 114 Å². The Bertz CT molecular complexity index is 341. The Balaban J connectivity index is 2.34. The second kappa shape index (κ2) is 8.62. The molecular formula is C14H20ClNS. The number of nitrogens with one attached hydrogen (secondary N) is 1. The second-order valence-electron chi connectivity index (χ2n) is 3.97. The first-order valence-electron chi connectivity index (χ1n) is 5.92. The van der Waals surface area contributed by atoms with Crippen molar-refractivity contribution in [3.8, 4) is 0 Å². The zero-order chi connectivity index (χ0) is 12.5. The quantitative estimate of drug-likeness (QED) is 0.427. The van der Waals surface area contributed by atoms with E-state index in [9.17, 15) is 0 Å². The van der Waals surface area contributed by atoms with Crippen molar-refractivity contribution in [1.29, 1.82) is 0 Å². The first-order chi connectivity index (χ1) is 8.26. The summed E-state index contributed by atoms with van der Waals surface area (Å²) in [5, 5.41) is 4.17. The van der Waals surface area contributed by atoms with Gasteiger partial charge in [0.25, 0.3) is 0 Å². The number of halogens is 1. The lowest BCUT2D eigenvalue weighted by molar-refractivity contribution is 0.552. The molecule has 0 aromatic heterocycles. The fraction of sp³-hybridized carbons (Fsp3) is 0.429. The lowest BCUT2D eigenvalue weighted by Crippen LogP contribution is -2.27. The molecule has 0 aliphatic heterocycles. The van der Waals surface area contributed by atoms with Gasteiger partial charge in [-0.2, -0.15) is 0 Å². The highest BCUT2D eigenvalue weighted by molar-refractivity contribution is 7.99. The van der Waals surface area contributed by atoms with Crippen LogP contribution in [0, 0.1) is 0 Å². The van der Waals surface area contributed by atoms with E-state index < -0.39 is 0 Å². The summed E-state index contributed by atoms with van der Waals surface area (Å²) in [4.78, 5) is 1.24. The van der Waals surface area contributed by atoms with Crippen LogP contribution in [0.15, 0.2) is 41.8 Å². The lowest BCUT2D eigenvalue weighted by Gasteiger charge is -2.15. The van der Waals surface area contributed by atoms with E-state index in [1.165, 1.54) is 17.7 Å². The summed E-state index contributed by atoms with van der Waals surface area (Å²) in [5.74, 6) is 1.08. The molecule has 0 heterocycles. The second-order valence-corrected chi connectivity index (χ2v) is 5.50. The summed E-state index contributed by atoms with van der Waals surface area (Å²) in [5.41, 5.74) is 0. The van der Waals surface area contributed by atoms with E-state index in [-0.39, 0.29) is 0 Å². The fourth-order valence-corrected chi connectivity index (χ4v) is 2.94. The standard InChI is InChI=1S/C14H20ClNS/c1-3-4-5-8-13(16-2)11-17-14-9-6-7-12(15)10-14/h3,6-7,9-10,13,16H,1,4-5,8,11H2,2H3. The van der Waals surface area contributed by atoms with E-state index in [1.54, 1.807) is 0 Å². The number of benzene rings is 1. The molecule has 17 heavy (non-hydrogen) atoms. The molecule has 1 unspecified atom stereocenters. The van der Waals surface area contributed by atoms with E-state index in [0.29, 0.717) is 6.04 Å². The number of allylic oxidation sites excluding steroid dienone is 1. The predicted molar refractivity (Wildman–Crippen MR) is 79.1 cm³/mol. The van der Waals surface area contributed by atoms with Crippen LogP contribution in [0.2, 0.25) is 5.02 Å². The van der Waals surface area contributed by atoms with Crippen LogP contribution in [0.1, 0.15) is 19.3 Å². The Morgan fingerprint density at radius 2 is 2.35 bits per heavy atom. The SMILES string of the molecule is C=CCCCC(CSc1cccc(Cl)c1)NC. The normalized spacial score (nSPS) is 12.4. The summed E-state index contributed by atoms with van der Waals surface area (Å²) in [6, 6.07) is 8.58. The molecule has 1 aromatic carbocycles. The van der Waals surface area contributed by atoms with E-state index in [4.69, 9.17) is 11.6 Å². The highest BCUT2D eigenvalue weighted by Crippen LogP contribution is 2.23. The molecule has 0 fully saturated rings. The van der Waals surface area contributed by atoms with Gasteiger partial charge in [0.15, 0.2) is 0 Å². The minimum Gasteiger partial charge on any atom is -0.316 e. The van der Waals surface area contributed by atoms with Crippen LogP contribution in [0.25, 0.3) is 0 Å². The Kier molecular flexibility index (Phi) is 7.41. The van der Waals surface area contributed by atoms with Crippen molar-refractivity contribution in [2.45, 2.75) is 30.2 Å². The molecule has 3 heteroatoms. The molecule has 1 aromatic rings. The smallest absolute Gasteiger partial charge is 0.0417 e. The predicted octanol–water partition coefficient (Wildman–Crippen LogP) is 4.38. The van der Waals surface area contributed by atoms with E-state index in [1.807, 2.05) is 43.1 Å². The molecular weight excluding hydrogens is 250 g/mol. The third-order valence-electron chi connectivity index (χ3n) is 2.62. The molecule has 1 rings (SSSR count). The topological polar surface area (TPSA) is 12.0 Å². The zero-order valence-electron chi connectivity index (χ0n) is 10.3. The lowest BCUT2D eigenvalue weighted by atomic mass is 10.1. The van der Waals surface area contributed by atoms with Gasteiger partial charge in [0.1, 0.15) is 0 Å². The van der Waals surface area contributed by atoms with Crippen LogP contribution in [-0.2, 0) is 0 Å². The Morgan fingerprint density at radius 3 is 3.00 bits per heavy atom. The van der Waals surface area contributed by atoms with Crippen molar-refractivity contribution in [1.82, 2.24) is 5.32 Å². The molecule has 0 saturated heterocycles. The van der Waals surface area contributed by atoms with Gasteiger partial charge in [0.2, 0.25) is 0 Å². The number of thioether (sulfide) groups is 1. The van der Waals surface area contributed by atoms with Crippen molar-refractivity contribution in [2.75, 3.05) is 12.8 Å². The first kappa shape index (κ1) is 14.6. The van der Waals surface area contributed by atoms with Gasteiger partial charge in [0.05, 0.1) is 0 Å². The molecule has 1 N–H and O–H groups in total. The summed E-state index contributed by atoms with van der Waals surface area (Å²) in [6.45, 7) is 3.75. The van der Waals surface area contributed by atoms with Crippen LogP contribution in [0.4, 0.5) is 0 Å². The van der Waals surface area contributed by atoms with Gasteiger partial charge < -0.3 is 5.32 Å². The minimum atomic E-state index is 0.555. The molecule has 1 atom stereocenters. The van der Waals surface area contributed by atoms with Crippen molar-refractivity contribution in [2.24, 2.45) is 0 Å². The van der Waals surface area contributed by atoms with E-state index in [0.717, 1.165) is 17.2 Å². The molecule has 0 amide bonds. The van der Waals surface area contributed by atoms with Gasteiger partial charge in [-0.1, -0.05) is 23.7 Å². The van der Waals surface area contributed by atoms with E-state index >= 15 is 0 Å². The molecule has 1 nitrogen and oxygen atoms in total. The highest BCUT2D eigenvalue weighted by Gasteiger charge is 2.06. The van der Waals surface area contributed by atoms with Crippen LogP contribution in [-0.4, -0.2) is 18.8 Å². The van der Waals surface area contributed by atoms with Crippen molar-refractivity contribution >= 4 is 23.4 Å². The van der Waals surface area contributed by atoms with Crippen LogP contribution >= 0.6 is 23.4 Å². The molecule has 0 aliphatic carbocycles. The molecule has 0 aliphatic rings. The maximum Gasteiger partial charge on any atom is 0.0417 e. The van der Waals surface area contributed by atoms with Gasteiger partial charge in [-0.15, -0.1) is 18.3 Å². The van der Waals surface area contributed by atoms with Gasteiger partial charge in [-0.3, -0.25) is 0 Å². The van der Waals surface area contributed by atoms with Gasteiger partial charge >= 0.3 is 0 Å². The van der Waals surface area contributed by atoms with Crippen LogP contribution in [0.5, 0.6) is 0 Å². The number of hydrogen-bond donors (Lipinski definition) is 1. The van der Waals surface area contributed by atoms with Crippen LogP contribution < -0.4 is 5.32 Å². The van der Waals surface area contributed by atoms with Gasteiger partial charge in [0, 0.05) is 21.7 Å². The minimum absolute atomic E-state index is 0.555. The molecule has 0 saturated carbocycles. The first-order valence-corrected chi connectivity index (χ1v) is 7.29. The third kappa shape index (κ3) is 6.16. The number of unbranched alkanes of at least 4 members (excludes halogenated alkanes) is 1.